The molecular weight excluding hydrogens is 502 g/mol. The highest BCUT2D eigenvalue weighted by molar-refractivity contribution is 7.12. The van der Waals surface area contributed by atoms with Crippen LogP contribution in [0.15, 0.2) is 18.2 Å². The Hall–Kier alpha value is -3.40. The van der Waals surface area contributed by atoms with Crippen molar-refractivity contribution in [2.75, 3.05) is 18.9 Å². The number of carbonyl (C=O) groups excluding carboxylic acids is 4. The van der Waals surface area contributed by atoms with Gasteiger partial charge in [-0.15, -0.1) is 11.3 Å². The van der Waals surface area contributed by atoms with Crippen molar-refractivity contribution in [1.82, 2.24) is 20.4 Å². The first kappa shape index (κ1) is 24.9. The highest BCUT2D eigenvalue weighted by Gasteiger charge is 2.56. The van der Waals surface area contributed by atoms with Crippen molar-refractivity contribution in [1.29, 1.82) is 0 Å². The number of amides is 6. The van der Waals surface area contributed by atoms with Crippen LogP contribution in [-0.4, -0.2) is 53.3 Å². The molecule has 2 atom stereocenters. The molecular formula is C28H33N5O4S. The Morgan fingerprint density at radius 2 is 1.95 bits per heavy atom. The Morgan fingerprint density at radius 1 is 1.16 bits per heavy atom. The minimum atomic E-state index is -1.16. The van der Waals surface area contributed by atoms with Crippen LogP contribution in [0.3, 0.4) is 0 Å². The van der Waals surface area contributed by atoms with Crippen LogP contribution >= 0.6 is 11.3 Å². The molecule has 1 saturated carbocycles. The van der Waals surface area contributed by atoms with Gasteiger partial charge in [-0.25, -0.2) is 9.59 Å². The number of benzene rings is 1. The third-order valence-electron chi connectivity index (χ3n) is 8.77. The van der Waals surface area contributed by atoms with E-state index >= 15 is 0 Å². The van der Waals surface area contributed by atoms with E-state index in [9.17, 15) is 19.2 Å². The van der Waals surface area contributed by atoms with Gasteiger partial charge in [-0.3, -0.25) is 14.5 Å². The molecule has 1 unspecified atom stereocenters. The molecule has 2 aromatic rings. The maximum absolute atomic E-state index is 13.8. The summed E-state index contributed by atoms with van der Waals surface area (Å²) in [6, 6.07) is 4.66. The van der Waals surface area contributed by atoms with Crippen LogP contribution in [0.4, 0.5) is 15.3 Å². The minimum Gasteiger partial charge on any atom is -0.341 e. The number of nitrogens with one attached hydrogen (secondary N) is 3. The van der Waals surface area contributed by atoms with Crippen LogP contribution < -0.4 is 16.0 Å². The number of anilines is 1. The minimum absolute atomic E-state index is 0.148. The Labute approximate surface area is 225 Å². The van der Waals surface area contributed by atoms with Crippen LogP contribution in [0.5, 0.6) is 0 Å². The van der Waals surface area contributed by atoms with Gasteiger partial charge >= 0.3 is 12.1 Å². The van der Waals surface area contributed by atoms with Gasteiger partial charge in [0.25, 0.3) is 5.91 Å². The van der Waals surface area contributed by atoms with Crippen LogP contribution in [-0.2, 0) is 34.5 Å². The van der Waals surface area contributed by atoms with E-state index in [4.69, 9.17) is 0 Å². The average Bonchev–Trinajstić information content (AvgIpc) is 3.61. The monoisotopic (exact) mass is 535 g/mol. The van der Waals surface area contributed by atoms with Crippen molar-refractivity contribution in [3.63, 3.8) is 0 Å². The standard InChI is InChI=1S/C28H33N5O4S/c1-15-16(2)38-23-13-32(22(17-4-5-17)9-7-20(15)23)24(34)14-33-25(35)28(31-27(33)37)11-10-18-12-19(6-8-21(18)28)30-26(36)29-3/h6,8,12,17,22H,4-5,7,9-11,13-14H2,1-3H3,(H,31,37)(H2,29,30,36)/t22?,28-/m0/s1. The lowest BCUT2D eigenvalue weighted by atomic mass is 9.91. The number of hydrogen-bond donors (Lipinski definition) is 3. The number of rotatable bonds is 4. The van der Waals surface area contributed by atoms with Gasteiger partial charge in [0, 0.05) is 28.5 Å². The van der Waals surface area contributed by atoms with Gasteiger partial charge < -0.3 is 20.9 Å². The molecule has 3 heterocycles. The molecule has 200 valence electrons. The Morgan fingerprint density at radius 3 is 2.68 bits per heavy atom. The highest BCUT2D eigenvalue weighted by Crippen LogP contribution is 2.44. The molecule has 6 amide bonds. The van der Waals surface area contributed by atoms with E-state index in [-0.39, 0.29) is 30.4 Å². The van der Waals surface area contributed by atoms with Crippen LogP contribution in [0, 0.1) is 19.8 Å². The van der Waals surface area contributed by atoms with Crippen LogP contribution in [0.25, 0.3) is 0 Å². The van der Waals surface area contributed by atoms with Crippen molar-refractivity contribution >= 4 is 40.9 Å². The maximum atomic E-state index is 13.8. The molecule has 0 radical (unpaired) electrons. The number of thiophene rings is 1. The summed E-state index contributed by atoms with van der Waals surface area (Å²) in [6.07, 6.45) is 5.15. The zero-order valence-corrected chi connectivity index (χ0v) is 22.8. The first-order chi connectivity index (χ1) is 18.2. The number of fused-ring (bicyclic) bond motifs is 3. The maximum Gasteiger partial charge on any atom is 0.325 e. The van der Waals surface area contributed by atoms with Gasteiger partial charge in [0.15, 0.2) is 0 Å². The number of carbonyl (C=O) groups is 4. The summed E-state index contributed by atoms with van der Waals surface area (Å²) < 4.78 is 0. The topological polar surface area (TPSA) is 111 Å². The normalized spacial score (nSPS) is 24.2. The zero-order chi connectivity index (χ0) is 26.8. The second-order valence-electron chi connectivity index (χ2n) is 11.0. The molecule has 2 aliphatic carbocycles. The number of hydrogen-bond acceptors (Lipinski definition) is 5. The van der Waals surface area contributed by atoms with E-state index in [0.717, 1.165) is 41.7 Å². The summed E-state index contributed by atoms with van der Waals surface area (Å²) in [7, 11) is 1.54. The fourth-order valence-corrected chi connectivity index (χ4v) is 7.68. The van der Waals surface area contributed by atoms with E-state index in [1.807, 2.05) is 11.0 Å². The lowest BCUT2D eigenvalue weighted by Gasteiger charge is -2.31. The van der Waals surface area contributed by atoms with Gasteiger partial charge in [0.1, 0.15) is 12.1 Å². The molecule has 9 nitrogen and oxygen atoms in total. The summed E-state index contributed by atoms with van der Waals surface area (Å²) in [5.41, 5.74) is 3.79. The number of aryl methyl sites for hydroxylation is 2. The lowest BCUT2D eigenvalue weighted by molar-refractivity contribution is -0.141. The Bertz CT molecular complexity index is 1370. The molecule has 1 saturated heterocycles. The predicted octanol–water partition coefficient (Wildman–Crippen LogP) is 3.56. The largest absolute Gasteiger partial charge is 0.341 e. The van der Waals surface area contributed by atoms with E-state index in [1.165, 1.54) is 20.9 Å². The van der Waals surface area contributed by atoms with Gasteiger partial charge in [0.2, 0.25) is 5.91 Å². The van der Waals surface area contributed by atoms with Crippen molar-refractivity contribution in [2.24, 2.45) is 5.92 Å². The van der Waals surface area contributed by atoms with Crippen molar-refractivity contribution < 1.29 is 19.2 Å². The van der Waals surface area contributed by atoms with E-state index in [0.29, 0.717) is 31.0 Å². The SMILES string of the molecule is CNC(=O)Nc1ccc2c(c1)CC[C@]21NC(=O)N(CC(=O)N2Cc3sc(C)c(C)c3CCC2C2CC2)C1=O. The fraction of sp³-hybridized carbons (Fsp3) is 0.500. The molecule has 3 N–H and O–H groups in total. The summed E-state index contributed by atoms with van der Waals surface area (Å²) in [5, 5.41) is 8.18. The smallest absolute Gasteiger partial charge is 0.325 e. The van der Waals surface area contributed by atoms with E-state index < -0.39 is 11.6 Å². The van der Waals surface area contributed by atoms with Gasteiger partial charge in [-0.05, 0) is 92.7 Å². The summed E-state index contributed by atoms with van der Waals surface area (Å²) in [6.45, 7) is 4.59. The molecule has 1 aromatic heterocycles. The van der Waals surface area contributed by atoms with Gasteiger partial charge in [0.05, 0.1) is 6.54 Å². The van der Waals surface area contributed by atoms with E-state index in [1.54, 1.807) is 30.5 Å². The number of nitrogens with zero attached hydrogens (tertiary/aromatic N) is 2. The number of imide groups is 1. The van der Waals surface area contributed by atoms with Crippen molar-refractivity contribution in [3.05, 3.63) is 50.2 Å². The van der Waals surface area contributed by atoms with Crippen molar-refractivity contribution in [2.45, 2.75) is 70.5 Å². The zero-order valence-electron chi connectivity index (χ0n) is 22.0. The molecule has 38 heavy (non-hydrogen) atoms. The molecule has 2 fully saturated rings. The molecule has 1 aromatic carbocycles. The average molecular weight is 536 g/mol. The van der Waals surface area contributed by atoms with Crippen LogP contribution in [0.2, 0.25) is 0 Å². The molecule has 1 spiro atoms. The quantitative estimate of drug-likeness (QED) is 0.520. The van der Waals surface area contributed by atoms with Gasteiger partial charge in [-0.2, -0.15) is 0 Å². The highest BCUT2D eigenvalue weighted by atomic mass is 32.1. The van der Waals surface area contributed by atoms with Crippen LogP contribution in [0.1, 0.15) is 57.7 Å². The summed E-state index contributed by atoms with van der Waals surface area (Å²) >= 11 is 1.76. The Balaban J connectivity index is 1.23. The summed E-state index contributed by atoms with van der Waals surface area (Å²) in [5.74, 6) is -0.0339. The summed E-state index contributed by atoms with van der Waals surface area (Å²) in [4.78, 5) is 57.9. The molecule has 6 rings (SSSR count). The van der Waals surface area contributed by atoms with Crippen molar-refractivity contribution in [3.8, 4) is 0 Å². The second-order valence-corrected chi connectivity index (χ2v) is 12.3. The Kier molecular flexibility index (Phi) is 5.97. The third-order valence-corrected chi connectivity index (χ3v) is 10.0. The van der Waals surface area contributed by atoms with Gasteiger partial charge in [-0.1, -0.05) is 6.07 Å². The van der Waals surface area contributed by atoms with E-state index in [2.05, 4.69) is 29.8 Å². The molecule has 0 bridgehead atoms. The number of urea groups is 2. The first-order valence-electron chi connectivity index (χ1n) is 13.4. The first-order valence-corrected chi connectivity index (χ1v) is 14.2. The third kappa shape index (κ3) is 3.97. The molecule has 2 aliphatic heterocycles. The molecule has 10 heteroatoms. The molecule has 4 aliphatic rings. The second kappa shape index (κ2) is 9.11. The lowest BCUT2D eigenvalue weighted by Crippen LogP contribution is -2.48. The fourth-order valence-electron chi connectivity index (χ4n) is 6.46. The predicted molar refractivity (Wildman–Crippen MR) is 144 cm³/mol.